The summed E-state index contributed by atoms with van der Waals surface area (Å²) in [6.45, 7) is 5.38. The summed E-state index contributed by atoms with van der Waals surface area (Å²) < 4.78 is 0. The van der Waals surface area contributed by atoms with Crippen molar-refractivity contribution < 1.29 is 5.11 Å². The van der Waals surface area contributed by atoms with Gasteiger partial charge in [-0.15, -0.1) is 0 Å². The van der Waals surface area contributed by atoms with Crippen LogP contribution in [0.5, 0.6) is 0 Å². The van der Waals surface area contributed by atoms with Crippen molar-refractivity contribution in [3.8, 4) is 0 Å². The fourth-order valence-electron chi connectivity index (χ4n) is 2.40. The highest BCUT2D eigenvalue weighted by Crippen LogP contribution is 2.14. The van der Waals surface area contributed by atoms with Crippen molar-refractivity contribution in [1.82, 2.24) is 4.90 Å². The molecule has 1 aliphatic rings. The van der Waals surface area contributed by atoms with Gasteiger partial charge in [0.1, 0.15) is 0 Å². The Morgan fingerprint density at radius 2 is 1.94 bits per heavy atom. The zero-order chi connectivity index (χ0) is 11.4. The molecule has 1 N–H and O–H groups in total. The molecule has 1 aromatic rings. The Labute approximate surface area is 97.9 Å². The first kappa shape index (κ1) is 11.6. The van der Waals surface area contributed by atoms with Crippen LogP contribution in [0.2, 0.25) is 0 Å². The van der Waals surface area contributed by atoms with Crippen LogP contribution in [0.1, 0.15) is 30.9 Å². The van der Waals surface area contributed by atoms with E-state index in [1.807, 2.05) is 6.92 Å². The quantitative estimate of drug-likeness (QED) is 0.839. The Hall–Kier alpha value is -0.860. The Balaban J connectivity index is 1.97. The maximum absolute atomic E-state index is 9.37. The maximum Gasteiger partial charge on any atom is 0.0552 e. The van der Waals surface area contributed by atoms with E-state index in [2.05, 4.69) is 29.2 Å². The molecular weight excluding hydrogens is 198 g/mol. The summed E-state index contributed by atoms with van der Waals surface area (Å²) in [4.78, 5) is 2.50. The van der Waals surface area contributed by atoms with E-state index < -0.39 is 0 Å². The van der Waals surface area contributed by atoms with E-state index in [0.717, 1.165) is 13.0 Å². The Morgan fingerprint density at radius 3 is 2.62 bits per heavy atom. The van der Waals surface area contributed by atoms with Gasteiger partial charge in [-0.1, -0.05) is 24.3 Å². The molecule has 0 saturated carbocycles. The minimum atomic E-state index is -0.248. The van der Waals surface area contributed by atoms with Crippen molar-refractivity contribution in [2.24, 2.45) is 0 Å². The molecule has 1 atom stereocenters. The molecule has 1 saturated heterocycles. The lowest BCUT2D eigenvalue weighted by Gasteiger charge is -2.15. The standard InChI is InChI=1S/C14H21NO/c1-12(16)9-13-5-4-6-14(10-13)11-15-7-2-3-8-15/h4-6,10,12,16H,2-3,7-9,11H2,1H3. The van der Waals surface area contributed by atoms with E-state index in [1.165, 1.54) is 37.1 Å². The second-order valence-electron chi connectivity index (χ2n) is 4.86. The van der Waals surface area contributed by atoms with Crippen LogP contribution in [-0.4, -0.2) is 29.2 Å². The third-order valence-electron chi connectivity index (χ3n) is 3.13. The first-order chi connectivity index (χ1) is 7.74. The molecule has 1 heterocycles. The number of aliphatic hydroxyl groups is 1. The van der Waals surface area contributed by atoms with Crippen molar-refractivity contribution in [3.05, 3.63) is 35.4 Å². The zero-order valence-corrected chi connectivity index (χ0v) is 10.0. The molecule has 1 aromatic carbocycles. The SMILES string of the molecule is CC(O)Cc1cccc(CN2CCCC2)c1. The van der Waals surface area contributed by atoms with Gasteiger partial charge in [-0.2, -0.15) is 0 Å². The van der Waals surface area contributed by atoms with Crippen LogP contribution in [0.4, 0.5) is 0 Å². The minimum Gasteiger partial charge on any atom is -0.393 e. The van der Waals surface area contributed by atoms with Crippen LogP contribution >= 0.6 is 0 Å². The molecule has 0 amide bonds. The van der Waals surface area contributed by atoms with Crippen molar-refractivity contribution in [2.45, 2.75) is 38.8 Å². The third kappa shape index (κ3) is 3.32. The summed E-state index contributed by atoms with van der Waals surface area (Å²) in [7, 11) is 0. The lowest BCUT2D eigenvalue weighted by atomic mass is 10.1. The van der Waals surface area contributed by atoms with Crippen LogP contribution < -0.4 is 0 Å². The smallest absolute Gasteiger partial charge is 0.0552 e. The molecule has 2 rings (SSSR count). The molecule has 0 aliphatic carbocycles. The lowest BCUT2D eigenvalue weighted by molar-refractivity contribution is 0.195. The molecule has 0 aromatic heterocycles. The van der Waals surface area contributed by atoms with Crippen LogP contribution in [0.3, 0.4) is 0 Å². The van der Waals surface area contributed by atoms with Gasteiger partial charge < -0.3 is 5.11 Å². The normalized spacial score (nSPS) is 18.9. The molecule has 0 radical (unpaired) electrons. The van der Waals surface area contributed by atoms with Crippen molar-refractivity contribution >= 4 is 0 Å². The van der Waals surface area contributed by atoms with E-state index >= 15 is 0 Å². The van der Waals surface area contributed by atoms with Gasteiger partial charge in [-0.05, 0) is 50.4 Å². The molecule has 2 nitrogen and oxygen atoms in total. The van der Waals surface area contributed by atoms with E-state index in [-0.39, 0.29) is 6.10 Å². The molecule has 88 valence electrons. The molecule has 1 fully saturated rings. The lowest BCUT2D eigenvalue weighted by Crippen LogP contribution is -2.18. The largest absolute Gasteiger partial charge is 0.393 e. The van der Waals surface area contributed by atoms with Gasteiger partial charge in [-0.3, -0.25) is 4.90 Å². The van der Waals surface area contributed by atoms with Gasteiger partial charge in [0.2, 0.25) is 0 Å². The number of aliphatic hydroxyl groups excluding tert-OH is 1. The summed E-state index contributed by atoms with van der Waals surface area (Å²) in [5.41, 5.74) is 2.62. The fraction of sp³-hybridized carbons (Fsp3) is 0.571. The number of likely N-dealkylation sites (tertiary alicyclic amines) is 1. The molecule has 2 heteroatoms. The minimum absolute atomic E-state index is 0.248. The van der Waals surface area contributed by atoms with Gasteiger partial charge in [0, 0.05) is 6.54 Å². The maximum atomic E-state index is 9.37. The second kappa shape index (κ2) is 5.46. The van der Waals surface area contributed by atoms with Gasteiger partial charge >= 0.3 is 0 Å². The van der Waals surface area contributed by atoms with E-state index in [1.54, 1.807) is 0 Å². The molecule has 1 unspecified atom stereocenters. The highest BCUT2D eigenvalue weighted by molar-refractivity contribution is 5.24. The molecular formula is C14H21NO. The highest BCUT2D eigenvalue weighted by atomic mass is 16.3. The summed E-state index contributed by atoms with van der Waals surface area (Å²) in [5.74, 6) is 0. The first-order valence-electron chi connectivity index (χ1n) is 6.22. The molecule has 0 spiro atoms. The number of benzene rings is 1. The summed E-state index contributed by atoms with van der Waals surface area (Å²) >= 11 is 0. The predicted octanol–water partition coefficient (Wildman–Crippen LogP) is 2.21. The highest BCUT2D eigenvalue weighted by Gasteiger charge is 2.11. The Kier molecular flexibility index (Phi) is 3.97. The van der Waals surface area contributed by atoms with Crippen molar-refractivity contribution in [1.29, 1.82) is 0 Å². The van der Waals surface area contributed by atoms with Gasteiger partial charge in [0.25, 0.3) is 0 Å². The third-order valence-corrected chi connectivity index (χ3v) is 3.13. The summed E-state index contributed by atoms with van der Waals surface area (Å²) in [6.07, 6.45) is 3.19. The van der Waals surface area contributed by atoms with Gasteiger partial charge in [0.05, 0.1) is 6.10 Å². The monoisotopic (exact) mass is 219 g/mol. The number of hydrogen-bond acceptors (Lipinski definition) is 2. The van der Waals surface area contributed by atoms with Crippen LogP contribution in [0.15, 0.2) is 24.3 Å². The first-order valence-corrected chi connectivity index (χ1v) is 6.22. The average Bonchev–Trinajstić information content (AvgIpc) is 2.70. The zero-order valence-electron chi connectivity index (χ0n) is 10.0. The number of rotatable bonds is 4. The van der Waals surface area contributed by atoms with Crippen LogP contribution in [0, 0.1) is 0 Å². The molecule has 16 heavy (non-hydrogen) atoms. The Bertz CT molecular complexity index is 329. The molecule has 1 aliphatic heterocycles. The number of hydrogen-bond donors (Lipinski definition) is 1. The van der Waals surface area contributed by atoms with Crippen LogP contribution in [-0.2, 0) is 13.0 Å². The fourth-order valence-corrected chi connectivity index (χ4v) is 2.40. The average molecular weight is 219 g/mol. The van der Waals surface area contributed by atoms with E-state index in [0.29, 0.717) is 0 Å². The molecule has 0 bridgehead atoms. The summed E-state index contributed by atoms with van der Waals surface area (Å²) in [5, 5.41) is 9.37. The van der Waals surface area contributed by atoms with Crippen molar-refractivity contribution in [3.63, 3.8) is 0 Å². The van der Waals surface area contributed by atoms with Gasteiger partial charge in [-0.25, -0.2) is 0 Å². The predicted molar refractivity (Wildman–Crippen MR) is 66.3 cm³/mol. The van der Waals surface area contributed by atoms with E-state index in [4.69, 9.17) is 0 Å². The van der Waals surface area contributed by atoms with E-state index in [9.17, 15) is 5.11 Å². The topological polar surface area (TPSA) is 23.5 Å². The van der Waals surface area contributed by atoms with Crippen molar-refractivity contribution in [2.75, 3.05) is 13.1 Å². The second-order valence-corrected chi connectivity index (χ2v) is 4.86. The van der Waals surface area contributed by atoms with Gasteiger partial charge in [0.15, 0.2) is 0 Å². The van der Waals surface area contributed by atoms with Crippen LogP contribution in [0.25, 0.3) is 0 Å². The Morgan fingerprint density at radius 1 is 1.25 bits per heavy atom. The summed E-state index contributed by atoms with van der Waals surface area (Å²) in [6, 6.07) is 8.61. The number of nitrogens with zero attached hydrogens (tertiary/aromatic N) is 1.